The Labute approximate surface area is 195 Å². The van der Waals surface area contributed by atoms with Crippen LogP contribution in [0.2, 0.25) is 0 Å². The molecule has 1 N–H and O–H groups in total. The number of aromatic nitrogens is 1. The summed E-state index contributed by atoms with van der Waals surface area (Å²) in [7, 11) is 0. The molecule has 2 heterocycles. The van der Waals surface area contributed by atoms with Crippen LogP contribution in [0.5, 0.6) is 0 Å². The number of hydrogen-bond acceptors (Lipinski definition) is 4. The number of likely N-dealkylation sites (tertiary alicyclic amines) is 1. The maximum absolute atomic E-state index is 12.2. The first-order valence-corrected chi connectivity index (χ1v) is 12.2. The smallest absolute Gasteiger partial charge is 0.244 e. The van der Waals surface area contributed by atoms with Crippen molar-refractivity contribution < 1.29 is 4.79 Å². The van der Waals surface area contributed by atoms with E-state index in [0.717, 1.165) is 53.7 Å². The molecule has 0 saturated carbocycles. The Bertz CT molecular complexity index is 1020. The van der Waals surface area contributed by atoms with Gasteiger partial charge in [-0.1, -0.05) is 60.7 Å². The highest BCUT2D eigenvalue weighted by Crippen LogP contribution is 2.28. The molecule has 0 aliphatic carbocycles. The van der Waals surface area contributed by atoms with Gasteiger partial charge in [-0.25, -0.2) is 4.98 Å². The second-order valence-corrected chi connectivity index (χ2v) is 9.68. The molecule has 1 saturated heterocycles. The van der Waals surface area contributed by atoms with E-state index in [1.165, 1.54) is 18.4 Å². The molecule has 1 aromatic heterocycles. The molecule has 3 aromatic rings. The number of rotatable bonds is 8. The predicted octanol–water partition coefficient (Wildman–Crippen LogP) is 5.55. The first-order valence-electron chi connectivity index (χ1n) is 11.4. The monoisotopic (exact) mass is 445 g/mol. The maximum Gasteiger partial charge on any atom is 0.244 e. The standard InChI is InChI=1S/C27H31N3OS/c1-21-27(24-10-6-3-7-11-24)29-26(32-21)13-12-25(31)28-17-14-22-15-18-30(19-16-22)20-23-8-4-2-5-9-23/h2-13,22H,14-20H2,1H3,(H,28,31)/b13-12+. The van der Waals surface area contributed by atoms with Gasteiger partial charge < -0.3 is 5.32 Å². The summed E-state index contributed by atoms with van der Waals surface area (Å²) in [5.74, 6) is 0.655. The van der Waals surface area contributed by atoms with Gasteiger partial charge in [0.1, 0.15) is 5.01 Å². The van der Waals surface area contributed by atoms with Gasteiger partial charge in [-0.15, -0.1) is 11.3 Å². The van der Waals surface area contributed by atoms with Crippen LogP contribution in [0.1, 0.15) is 34.7 Å². The fourth-order valence-corrected chi connectivity index (χ4v) is 5.08. The van der Waals surface area contributed by atoms with Gasteiger partial charge in [-0.2, -0.15) is 0 Å². The van der Waals surface area contributed by atoms with Crippen molar-refractivity contribution in [3.8, 4) is 11.3 Å². The van der Waals surface area contributed by atoms with Crippen LogP contribution >= 0.6 is 11.3 Å². The average Bonchev–Trinajstić information content (AvgIpc) is 3.20. The van der Waals surface area contributed by atoms with Gasteiger partial charge in [0.15, 0.2) is 0 Å². The van der Waals surface area contributed by atoms with E-state index < -0.39 is 0 Å². The van der Waals surface area contributed by atoms with Gasteiger partial charge >= 0.3 is 0 Å². The van der Waals surface area contributed by atoms with Crippen molar-refractivity contribution in [2.24, 2.45) is 5.92 Å². The first-order chi connectivity index (χ1) is 15.7. The molecule has 166 valence electrons. The Hall–Kier alpha value is -2.76. The number of thiazole rings is 1. The number of hydrogen-bond donors (Lipinski definition) is 1. The largest absolute Gasteiger partial charge is 0.353 e. The zero-order valence-corrected chi connectivity index (χ0v) is 19.5. The molecule has 1 amide bonds. The second kappa shape index (κ2) is 11.2. The minimum absolute atomic E-state index is 0.0411. The van der Waals surface area contributed by atoms with Crippen molar-refractivity contribution in [1.82, 2.24) is 15.2 Å². The molecule has 0 bridgehead atoms. The third-order valence-corrected chi connectivity index (χ3v) is 6.98. The lowest BCUT2D eigenvalue weighted by Gasteiger charge is -2.32. The Morgan fingerprint density at radius 2 is 1.78 bits per heavy atom. The second-order valence-electron chi connectivity index (χ2n) is 8.44. The Morgan fingerprint density at radius 3 is 2.50 bits per heavy atom. The molecule has 0 radical (unpaired) electrons. The van der Waals surface area contributed by atoms with Gasteiger partial charge in [0.2, 0.25) is 5.91 Å². The van der Waals surface area contributed by atoms with Crippen molar-refractivity contribution in [1.29, 1.82) is 0 Å². The number of nitrogens with zero attached hydrogens (tertiary/aromatic N) is 2. The fourth-order valence-electron chi connectivity index (χ4n) is 4.23. The lowest BCUT2D eigenvalue weighted by molar-refractivity contribution is -0.116. The molecule has 1 aliphatic rings. The quantitative estimate of drug-likeness (QED) is 0.462. The Kier molecular flexibility index (Phi) is 7.86. The lowest BCUT2D eigenvalue weighted by atomic mass is 9.93. The number of carbonyl (C=O) groups excluding carboxylic acids is 1. The summed E-state index contributed by atoms with van der Waals surface area (Å²) in [6.45, 7) is 6.12. The number of aryl methyl sites for hydroxylation is 1. The Morgan fingerprint density at radius 1 is 1.09 bits per heavy atom. The van der Waals surface area contributed by atoms with Crippen LogP contribution in [-0.4, -0.2) is 35.4 Å². The molecule has 0 atom stereocenters. The van der Waals surface area contributed by atoms with Gasteiger partial charge in [0.05, 0.1) is 5.69 Å². The summed E-state index contributed by atoms with van der Waals surface area (Å²) in [6.07, 6.45) is 6.89. The number of benzene rings is 2. The Balaban J connectivity index is 1.17. The summed E-state index contributed by atoms with van der Waals surface area (Å²) in [5, 5.41) is 3.91. The highest BCUT2D eigenvalue weighted by molar-refractivity contribution is 7.12. The third-order valence-electron chi connectivity index (χ3n) is 6.05. The zero-order chi connectivity index (χ0) is 22.2. The van der Waals surface area contributed by atoms with E-state index in [-0.39, 0.29) is 5.91 Å². The third kappa shape index (κ3) is 6.38. The minimum atomic E-state index is -0.0411. The number of piperidine rings is 1. The van der Waals surface area contributed by atoms with Gasteiger partial charge in [0, 0.05) is 29.6 Å². The van der Waals surface area contributed by atoms with Crippen LogP contribution < -0.4 is 5.32 Å². The van der Waals surface area contributed by atoms with E-state index in [1.807, 2.05) is 24.3 Å². The van der Waals surface area contributed by atoms with Crippen LogP contribution in [0, 0.1) is 12.8 Å². The maximum atomic E-state index is 12.2. The molecule has 0 unspecified atom stereocenters. The summed E-state index contributed by atoms with van der Waals surface area (Å²) >= 11 is 1.62. The highest BCUT2D eigenvalue weighted by Gasteiger charge is 2.19. The molecular weight excluding hydrogens is 414 g/mol. The minimum Gasteiger partial charge on any atom is -0.353 e. The lowest BCUT2D eigenvalue weighted by Crippen LogP contribution is -2.34. The summed E-state index contributed by atoms with van der Waals surface area (Å²) in [5.41, 5.74) is 3.49. The van der Waals surface area contributed by atoms with Crippen LogP contribution in [0.4, 0.5) is 0 Å². The SMILES string of the molecule is Cc1sc(/C=C/C(=O)NCCC2CCN(Cc3ccccc3)CC2)nc1-c1ccccc1. The van der Waals surface area contributed by atoms with Crippen molar-refractivity contribution in [2.45, 2.75) is 32.7 Å². The van der Waals surface area contributed by atoms with Crippen LogP contribution in [0.15, 0.2) is 66.7 Å². The van der Waals surface area contributed by atoms with Crippen molar-refractivity contribution in [3.63, 3.8) is 0 Å². The first kappa shape index (κ1) is 22.4. The van der Waals surface area contributed by atoms with Gasteiger partial charge in [-0.3, -0.25) is 9.69 Å². The van der Waals surface area contributed by atoms with Crippen LogP contribution in [-0.2, 0) is 11.3 Å². The molecule has 1 fully saturated rings. The molecule has 1 aliphatic heterocycles. The number of nitrogens with one attached hydrogen (secondary N) is 1. The van der Waals surface area contributed by atoms with Gasteiger partial charge in [-0.05, 0) is 56.8 Å². The van der Waals surface area contributed by atoms with E-state index in [9.17, 15) is 4.79 Å². The van der Waals surface area contributed by atoms with E-state index in [2.05, 4.69) is 64.6 Å². The molecule has 2 aromatic carbocycles. The van der Waals surface area contributed by atoms with Crippen molar-refractivity contribution in [2.75, 3.05) is 19.6 Å². The van der Waals surface area contributed by atoms with Crippen LogP contribution in [0.25, 0.3) is 17.3 Å². The van der Waals surface area contributed by atoms with E-state index in [4.69, 9.17) is 0 Å². The summed E-state index contributed by atoms with van der Waals surface area (Å²) in [6, 6.07) is 20.9. The normalized spacial score (nSPS) is 15.3. The molecule has 4 nitrogen and oxygen atoms in total. The molecule has 32 heavy (non-hydrogen) atoms. The fraction of sp³-hybridized carbons (Fsp3) is 0.333. The van der Waals surface area contributed by atoms with Crippen molar-refractivity contribution >= 4 is 23.3 Å². The molecule has 0 spiro atoms. The highest BCUT2D eigenvalue weighted by atomic mass is 32.1. The van der Waals surface area contributed by atoms with Gasteiger partial charge in [0.25, 0.3) is 0 Å². The topological polar surface area (TPSA) is 45.2 Å². The van der Waals surface area contributed by atoms with E-state index in [1.54, 1.807) is 17.4 Å². The van der Waals surface area contributed by atoms with E-state index >= 15 is 0 Å². The summed E-state index contributed by atoms with van der Waals surface area (Å²) in [4.78, 5) is 20.6. The number of amides is 1. The predicted molar refractivity (Wildman–Crippen MR) is 133 cm³/mol. The molecule has 4 rings (SSSR count). The summed E-state index contributed by atoms with van der Waals surface area (Å²) < 4.78 is 0. The average molecular weight is 446 g/mol. The molecular formula is C27H31N3OS. The zero-order valence-electron chi connectivity index (χ0n) is 18.7. The van der Waals surface area contributed by atoms with Crippen molar-refractivity contribution in [3.05, 3.63) is 82.2 Å². The molecule has 5 heteroatoms. The van der Waals surface area contributed by atoms with E-state index in [0.29, 0.717) is 5.92 Å². The van der Waals surface area contributed by atoms with Crippen LogP contribution in [0.3, 0.4) is 0 Å². The number of carbonyl (C=O) groups is 1.